The maximum Gasteiger partial charge on any atom is 0.269 e. The monoisotopic (exact) mass is 292 g/mol. The first-order valence-electron chi connectivity index (χ1n) is 7.61. The summed E-state index contributed by atoms with van der Waals surface area (Å²) < 4.78 is 0. The molecule has 0 unspecified atom stereocenters. The van der Waals surface area contributed by atoms with Crippen molar-refractivity contribution in [2.75, 3.05) is 20.1 Å². The van der Waals surface area contributed by atoms with Crippen LogP contribution in [0.15, 0.2) is 17.2 Å². The van der Waals surface area contributed by atoms with Gasteiger partial charge in [-0.2, -0.15) is 0 Å². The molecule has 0 bridgehead atoms. The Kier molecular flexibility index (Phi) is 5.12. The summed E-state index contributed by atoms with van der Waals surface area (Å²) in [5.74, 6) is -0.269. The van der Waals surface area contributed by atoms with Crippen LogP contribution in [0.1, 0.15) is 49.5 Å². The number of amides is 1. The van der Waals surface area contributed by atoms with Crippen molar-refractivity contribution in [1.82, 2.24) is 20.2 Å². The first-order chi connectivity index (χ1) is 10.1. The van der Waals surface area contributed by atoms with Crippen LogP contribution < -0.4 is 10.9 Å². The molecule has 116 valence electrons. The predicted molar refractivity (Wildman–Crippen MR) is 81.3 cm³/mol. The van der Waals surface area contributed by atoms with Crippen molar-refractivity contribution in [3.63, 3.8) is 0 Å². The molecule has 21 heavy (non-hydrogen) atoms. The Morgan fingerprint density at radius 3 is 2.71 bits per heavy atom. The van der Waals surface area contributed by atoms with Crippen LogP contribution in [0.4, 0.5) is 0 Å². The lowest BCUT2D eigenvalue weighted by Crippen LogP contribution is -2.55. The molecule has 2 rings (SSSR count). The number of hydrogen-bond acceptors (Lipinski definition) is 4. The van der Waals surface area contributed by atoms with E-state index in [9.17, 15) is 9.59 Å². The van der Waals surface area contributed by atoms with E-state index in [2.05, 4.69) is 34.2 Å². The molecule has 0 saturated heterocycles. The van der Waals surface area contributed by atoms with Crippen LogP contribution in [0.2, 0.25) is 0 Å². The molecule has 1 aliphatic carbocycles. The van der Waals surface area contributed by atoms with Crippen LogP contribution in [0.3, 0.4) is 0 Å². The van der Waals surface area contributed by atoms with Gasteiger partial charge in [0.25, 0.3) is 11.5 Å². The second-order valence-corrected chi connectivity index (χ2v) is 5.79. The summed E-state index contributed by atoms with van der Waals surface area (Å²) in [6, 6.07) is 0. The van der Waals surface area contributed by atoms with E-state index >= 15 is 0 Å². The molecule has 6 heteroatoms. The lowest BCUT2D eigenvalue weighted by atomic mass is 9.80. The highest BCUT2D eigenvalue weighted by Crippen LogP contribution is 2.32. The standard InChI is InChI=1S/C15H24N4O2/c1-3-19(2)15(7-5-4-6-8-15)11-17-14(21)12-9-16-10-13(20)18-12/h9-10H,3-8,11H2,1-2H3,(H,17,21)(H,18,20). The van der Waals surface area contributed by atoms with Gasteiger partial charge in [-0.1, -0.05) is 26.2 Å². The molecule has 0 aromatic carbocycles. The second kappa shape index (κ2) is 6.85. The zero-order chi connectivity index (χ0) is 15.3. The summed E-state index contributed by atoms with van der Waals surface area (Å²) in [7, 11) is 2.11. The molecule has 0 aliphatic heterocycles. The number of hydrogen-bond donors (Lipinski definition) is 2. The molecule has 2 N–H and O–H groups in total. The van der Waals surface area contributed by atoms with Crippen molar-refractivity contribution >= 4 is 5.91 Å². The van der Waals surface area contributed by atoms with Crippen molar-refractivity contribution in [1.29, 1.82) is 0 Å². The van der Waals surface area contributed by atoms with Crippen LogP contribution in [-0.4, -0.2) is 46.5 Å². The van der Waals surface area contributed by atoms with E-state index in [0.717, 1.165) is 25.6 Å². The van der Waals surface area contributed by atoms with Crippen LogP contribution in [-0.2, 0) is 0 Å². The van der Waals surface area contributed by atoms with E-state index < -0.39 is 0 Å². The molecule has 0 spiro atoms. The van der Waals surface area contributed by atoms with Crippen LogP contribution >= 0.6 is 0 Å². The lowest BCUT2D eigenvalue weighted by Gasteiger charge is -2.44. The van der Waals surface area contributed by atoms with Crippen LogP contribution in [0.5, 0.6) is 0 Å². The van der Waals surface area contributed by atoms with Gasteiger partial charge in [0.05, 0.1) is 12.4 Å². The Hall–Kier alpha value is -1.69. The third kappa shape index (κ3) is 3.69. The Labute approximate surface area is 125 Å². The van der Waals surface area contributed by atoms with Gasteiger partial charge < -0.3 is 10.3 Å². The van der Waals surface area contributed by atoms with Gasteiger partial charge in [0.2, 0.25) is 0 Å². The number of nitrogens with zero attached hydrogens (tertiary/aromatic N) is 2. The van der Waals surface area contributed by atoms with Crippen LogP contribution in [0, 0.1) is 0 Å². The summed E-state index contributed by atoms with van der Waals surface area (Å²) in [6.45, 7) is 3.70. The quantitative estimate of drug-likeness (QED) is 0.853. The Morgan fingerprint density at radius 2 is 2.10 bits per heavy atom. The van der Waals surface area contributed by atoms with Crippen molar-refractivity contribution in [2.45, 2.75) is 44.6 Å². The van der Waals surface area contributed by atoms with Gasteiger partial charge >= 0.3 is 0 Å². The number of rotatable bonds is 5. The molecule has 1 amide bonds. The number of carbonyl (C=O) groups excluding carboxylic acids is 1. The molecule has 1 aromatic heterocycles. The smallest absolute Gasteiger partial charge is 0.269 e. The largest absolute Gasteiger partial charge is 0.349 e. The maximum atomic E-state index is 12.2. The first-order valence-corrected chi connectivity index (χ1v) is 7.61. The van der Waals surface area contributed by atoms with E-state index in [4.69, 9.17) is 0 Å². The van der Waals surface area contributed by atoms with E-state index in [-0.39, 0.29) is 22.7 Å². The third-order valence-electron chi connectivity index (χ3n) is 4.54. The average molecular weight is 292 g/mol. The van der Waals surface area contributed by atoms with E-state index in [1.54, 1.807) is 0 Å². The Balaban J connectivity index is 2.04. The molecular weight excluding hydrogens is 268 g/mol. The molecule has 1 fully saturated rings. The van der Waals surface area contributed by atoms with Gasteiger partial charge in [-0.25, -0.2) is 0 Å². The summed E-state index contributed by atoms with van der Waals surface area (Å²) in [4.78, 5) is 32.0. The maximum absolute atomic E-state index is 12.2. The minimum Gasteiger partial charge on any atom is -0.349 e. The SMILES string of the molecule is CCN(C)C1(CNC(=O)c2cncc(=O)[nH]2)CCCCC1. The van der Waals surface area contributed by atoms with Gasteiger partial charge in [0.1, 0.15) is 5.69 Å². The number of H-pyrrole nitrogens is 1. The summed E-state index contributed by atoms with van der Waals surface area (Å²) in [6.07, 6.45) is 8.40. The highest BCUT2D eigenvalue weighted by Gasteiger charge is 2.35. The van der Waals surface area contributed by atoms with Gasteiger partial charge in [0.15, 0.2) is 0 Å². The number of carbonyl (C=O) groups is 1. The number of likely N-dealkylation sites (N-methyl/N-ethyl adjacent to an activating group) is 1. The zero-order valence-electron chi connectivity index (χ0n) is 12.8. The predicted octanol–water partition coefficient (Wildman–Crippen LogP) is 1.15. The van der Waals surface area contributed by atoms with Gasteiger partial charge in [-0.05, 0) is 26.4 Å². The molecule has 1 heterocycles. The summed E-state index contributed by atoms with van der Waals surface area (Å²) >= 11 is 0. The fourth-order valence-corrected chi connectivity index (χ4v) is 3.07. The van der Waals surface area contributed by atoms with E-state index in [1.165, 1.54) is 25.5 Å². The summed E-state index contributed by atoms with van der Waals surface area (Å²) in [5, 5.41) is 2.96. The van der Waals surface area contributed by atoms with Crippen molar-refractivity contribution in [3.05, 3.63) is 28.4 Å². The van der Waals surface area contributed by atoms with Crippen molar-refractivity contribution in [2.24, 2.45) is 0 Å². The van der Waals surface area contributed by atoms with E-state index in [1.807, 2.05) is 0 Å². The fourth-order valence-electron chi connectivity index (χ4n) is 3.07. The Bertz CT molecular complexity index is 534. The van der Waals surface area contributed by atoms with Gasteiger partial charge in [-0.15, -0.1) is 0 Å². The van der Waals surface area contributed by atoms with Crippen molar-refractivity contribution in [3.8, 4) is 0 Å². The normalized spacial score (nSPS) is 17.7. The minimum atomic E-state index is -0.360. The fraction of sp³-hybridized carbons (Fsp3) is 0.667. The molecule has 1 saturated carbocycles. The molecule has 6 nitrogen and oxygen atoms in total. The summed E-state index contributed by atoms with van der Waals surface area (Å²) in [5.41, 5.74) is -0.112. The molecule has 0 atom stereocenters. The van der Waals surface area contributed by atoms with Crippen LogP contribution in [0.25, 0.3) is 0 Å². The number of aromatic nitrogens is 2. The molecular formula is C15H24N4O2. The topological polar surface area (TPSA) is 78.1 Å². The zero-order valence-corrected chi connectivity index (χ0v) is 12.8. The van der Waals surface area contributed by atoms with Gasteiger partial charge in [-0.3, -0.25) is 19.5 Å². The highest BCUT2D eigenvalue weighted by molar-refractivity contribution is 5.91. The van der Waals surface area contributed by atoms with E-state index in [0.29, 0.717) is 6.54 Å². The van der Waals surface area contributed by atoms with Gasteiger partial charge in [0, 0.05) is 12.1 Å². The number of aromatic amines is 1. The highest BCUT2D eigenvalue weighted by atomic mass is 16.2. The average Bonchev–Trinajstić information content (AvgIpc) is 2.52. The number of nitrogens with one attached hydrogen (secondary N) is 2. The second-order valence-electron chi connectivity index (χ2n) is 5.79. The molecule has 1 aromatic rings. The lowest BCUT2D eigenvalue weighted by molar-refractivity contribution is 0.0697. The first kappa shape index (κ1) is 15.7. The molecule has 0 radical (unpaired) electrons. The van der Waals surface area contributed by atoms with Crippen molar-refractivity contribution < 1.29 is 4.79 Å². The minimum absolute atomic E-state index is 0.0329. The third-order valence-corrected chi connectivity index (χ3v) is 4.54. The Morgan fingerprint density at radius 1 is 1.38 bits per heavy atom. The molecule has 1 aliphatic rings.